The third kappa shape index (κ3) is 7.06. The first-order valence-corrected chi connectivity index (χ1v) is 19.5. The molecule has 2 aromatic rings. The van der Waals surface area contributed by atoms with Gasteiger partial charge in [0.15, 0.2) is 0 Å². The molecule has 3 fully saturated rings. The predicted octanol–water partition coefficient (Wildman–Crippen LogP) is 12.1. The van der Waals surface area contributed by atoms with Crippen molar-refractivity contribution in [1.82, 2.24) is 0 Å². The highest BCUT2D eigenvalue weighted by Gasteiger charge is 2.61. The van der Waals surface area contributed by atoms with Gasteiger partial charge in [-0.05, 0) is 141 Å². The van der Waals surface area contributed by atoms with Crippen LogP contribution in [0.2, 0.25) is 0 Å². The molecule has 0 amide bonds. The monoisotopic (exact) mass is 680 g/mol. The second-order valence-electron chi connectivity index (χ2n) is 17.9. The molecule has 5 heteroatoms. The summed E-state index contributed by atoms with van der Waals surface area (Å²) < 4.78 is 5.97. The summed E-state index contributed by atoms with van der Waals surface area (Å²) in [6, 6.07) is 13.1. The second-order valence-corrected chi connectivity index (χ2v) is 17.9. The summed E-state index contributed by atoms with van der Waals surface area (Å²) >= 11 is 0. The molecule has 4 aliphatic rings. The van der Waals surface area contributed by atoms with Crippen LogP contribution < -0.4 is 16.2 Å². The van der Waals surface area contributed by atoms with E-state index in [0.29, 0.717) is 28.3 Å². The molecule has 3 saturated carbocycles. The van der Waals surface area contributed by atoms with Gasteiger partial charge in [0.2, 0.25) is 0 Å². The average Bonchev–Trinajstić information content (AvgIpc) is 3.41. The zero-order chi connectivity index (χ0) is 35.8. The normalized spacial score (nSPS) is 32.7. The van der Waals surface area contributed by atoms with Crippen LogP contribution in [0.25, 0.3) is 6.08 Å². The predicted molar refractivity (Wildman–Crippen MR) is 209 cm³/mol. The minimum Gasteiger partial charge on any atom is -0.457 e. The van der Waals surface area contributed by atoms with Crippen LogP contribution in [0.4, 0.5) is 11.4 Å². The number of rotatable bonds is 11. The van der Waals surface area contributed by atoms with Gasteiger partial charge in [-0.3, -0.25) is 5.26 Å². The highest BCUT2D eigenvalue weighted by Crippen LogP contribution is 2.69. The largest absolute Gasteiger partial charge is 0.457 e. The number of unbranched alkanes of at least 4 members (excludes halogenated alkanes) is 1. The fourth-order valence-corrected chi connectivity index (χ4v) is 11.9. The molecule has 6 rings (SSSR count). The van der Waals surface area contributed by atoms with Gasteiger partial charge >= 0.3 is 0 Å². The number of hydrogen-bond acceptors (Lipinski definition) is 5. The molecule has 5 N–H and O–H groups in total. The molecule has 0 heterocycles. The molecule has 5 nitrogen and oxygen atoms in total. The molecule has 0 radical (unpaired) electrons. The van der Waals surface area contributed by atoms with Crippen molar-refractivity contribution in [2.45, 2.75) is 119 Å². The highest BCUT2D eigenvalue weighted by molar-refractivity contribution is 5.58. The lowest BCUT2D eigenvalue weighted by atomic mass is 9.43. The van der Waals surface area contributed by atoms with E-state index in [1.807, 2.05) is 30.3 Å². The zero-order valence-corrected chi connectivity index (χ0v) is 31.9. The van der Waals surface area contributed by atoms with Gasteiger partial charge in [0, 0.05) is 29.4 Å². The van der Waals surface area contributed by atoms with Gasteiger partial charge in [0.05, 0.1) is 0 Å². The maximum Gasteiger partial charge on any atom is 0.131 e. The van der Waals surface area contributed by atoms with Crippen LogP contribution >= 0.6 is 0 Å². The zero-order valence-electron chi connectivity index (χ0n) is 31.9. The van der Waals surface area contributed by atoms with Gasteiger partial charge in [-0.1, -0.05) is 88.6 Å². The van der Waals surface area contributed by atoms with Crippen LogP contribution in [-0.2, 0) is 4.89 Å². The van der Waals surface area contributed by atoms with E-state index in [-0.39, 0.29) is 22.9 Å². The van der Waals surface area contributed by atoms with E-state index >= 15 is 0 Å². The summed E-state index contributed by atoms with van der Waals surface area (Å²) in [7, 11) is 0. The van der Waals surface area contributed by atoms with Gasteiger partial charge in [0.1, 0.15) is 17.6 Å². The number of nitrogen functional groups attached to an aromatic ring is 2. The number of allylic oxidation sites excluding steroid dienone is 4. The number of fused-ring (bicyclic) bond motifs is 5. The van der Waals surface area contributed by atoms with Gasteiger partial charge in [-0.25, -0.2) is 4.89 Å². The van der Waals surface area contributed by atoms with Crippen LogP contribution in [0.3, 0.4) is 0 Å². The Hall–Kier alpha value is -3.02. The first kappa shape index (κ1) is 36.8. The number of benzene rings is 2. The topological polar surface area (TPSA) is 90.7 Å². The summed E-state index contributed by atoms with van der Waals surface area (Å²) in [5.41, 5.74) is 17.7. The molecule has 0 aliphatic heterocycles. The molecule has 0 saturated heterocycles. The second kappa shape index (κ2) is 14.5. The molecule has 272 valence electrons. The molecule has 9 unspecified atom stereocenters. The van der Waals surface area contributed by atoms with Crippen LogP contribution in [-0.4, -0.2) is 11.4 Å². The third-order valence-electron chi connectivity index (χ3n) is 14.3. The van der Waals surface area contributed by atoms with E-state index in [9.17, 15) is 5.26 Å². The van der Waals surface area contributed by atoms with Crippen molar-refractivity contribution in [3.05, 3.63) is 77.4 Å². The molecule has 0 aromatic heterocycles. The Morgan fingerprint density at radius 3 is 2.30 bits per heavy atom. The third-order valence-corrected chi connectivity index (χ3v) is 14.3. The Bertz CT molecular complexity index is 1570. The summed E-state index contributed by atoms with van der Waals surface area (Å²) in [4.78, 5) is 5.28. The van der Waals surface area contributed by atoms with E-state index < -0.39 is 0 Å². The molecular weight excluding hydrogens is 617 g/mol. The fraction of sp³-hybridized carbons (Fsp3) is 0.600. The summed E-state index contributed by atoms with van der Waals surface area (Å²) in [5.74, 6) is 5.58. The van der Waals surface area contributed by atoms with Crippen LogP contribution in [0, 0.1) is 51.8 Å². The van der Waals surface area contributed by atoms with Gasteiger partial charge in [0.25, 0.3) is 0 Å². The minimum absolute atomic E-state index is 0.0778. The Morgan fingerprint density at radius 1 is 0.900 bits per heavy atom. The number of anilines is 2. The SMILES string of the molecule is CC(C)=CCCCC(C)C1CCC2C3CC=C4C(C)(C)C(C(C=Cc5ccc(Oc6cc(N)cc(N)c6)cc5)OO)CCC4(C)C3CCC12C. The van der Waals surface area contributed by atoms with Crippen LogP contribution in [0.1, 0.15) is 118 Å². The molecule has 50 heavy (non-hydrogen) atoms. The molecule has 0 spiro atoms. The van der Waals surface area contributed by atoms with E-state index in [1.165, 1.54) is 56.9 Å². The number of ether oxygens (including phenoxy) is 1. The van der Waals surface area contributed by atoms with Gasteiger partial charge < -0.3 is 16.2 Å². The Labute approximate surface area is 302 Å². The summed E-state index contributed by atoms with van der Waals surface area (Å²) in [5, 5.41) is 10.3. The molecule has 2 aromatic carbocycles. The standard InChI is InChI=1S/C45H64N2O3/c1-29(2)10-8-9-11-30(3)37-18-19-38-36-17-21-42-43(4,5)40(23-25-45(42,7)39(36)22-24-44(37,38)6)41(50-48)20-14-31-12-15-34(16-13-31)49-35-27-32(46)26-33(47)28-35/h10,12-16,20-21,26-28,30,36-41,48H,8-9,11,17-19,22-25,46-47H2,1-7H3. The fourth-order valence-electron chi connectivity index (χ4n) is 11.9. The maximum atomic E-state index is 10.3. The van der Waals surface area contributed by atoms with Crippen molar-refractivity contribution in [3.63, 3.8) is 0 Å². The lowest BCUT2D eigenvalue weighted by Gasteiger charge is -2.62. The number of nitrogens with two attached hydrogens (primary N) is 2. The van der Waals surface area contributed by atoms with Gasteiger partial charge in [-0.15, -0.1) is 0 Å². The Kier molecular flexibility index (Phi) is 10.7. The van der Waals surface area contributed by atoms with Crippen LogP contribution in [0.5, 0.6) is 11.5 Å². The van der Waals surface area contributed by atoms with Crippen molar-refractivity contribution < 1.29 is 14.9 Å². The van der Waals surface area contributed by atoms with Crippen LogP contribution in [0.15, 0.2) is 71.8 Å². The maximum absolute atomic E-state index is 10.3. The highest BCUT2D eigenvalue weighted by atomic mass is 17.1. The van der Waals surface area contributed by atoms with Gasteiger partial charge in [-0.2, -0.15) is 0 Å². The smallest absolute Gasteiger partial charge is 0.131 e. The van der Waals surface area contributed by atoms with E-state index in [2.05, 4.69) is 66.7 Å². The molecule has 0 bridgehead atoms. The average molecular weight is 681 g/mol. The quantitative estimate of drug-likeness (QED) is 0.0722. The Morgan fingerprint density at radius 2 is 1.62 bits per heavy atom. The first-order valence-electron chi connectivity index (χ1n) is 19.5. The lowest BCUT2D eigenvalue weighted by Crippen LogP contribution is -2.54. The molecule has 4 aliphatic carbocycles. The van der Waals surface area contributed by atoms with Crippen molar-refractivity contribution in [2.24, 2.45) is 51.8 Å². The minimum atomic E-state index is -0.386. The van der Waals surface area contributed by atoms with E-state index in [1.54, 1.807) is 23.8 Å². The van der Waals surface area contributed by atoms with Crippen molar-refractivity contribution in [3.8, 4) is 11.5 Å². The lowest BCUT2D eigenvalue weighted by molar-refractivity contribution is -0.285. The van der Waals surface area contributed by atoms with Crippen molar-refractivity contribution in [2.75, 3.05) is 11.5 Å². The summed E-state index contributed by atoms with van der Waals surface area (Å²) in [6.45, 7) is 17.1. The first-order chi connectivity index (χ1) is 23.8. The van der Waals surface area contributed by atoms with E-state index in [0.717, 1.165) is 48.0 Å². The molecular formula is C45H64N2O3. The van der Waals surface area contributed by atoms with Crippen molar-refractivity contribution >= 4 is 17.5 Å². The Balaban J connectivity index is 1.13. The molecule has 9 atom stereocenters. The summed E-state index contributed by atoms with van der Waals surface area (Å²) in [6.07, 6.45) is 21.7. The van der Waals surface area contributed by atoms with Crippen molar-refractivity contribution in [1.29, 1.82) is 0 Å². The number of hydrogen-bond donors (Lipinski definition) is 3. The van der Waals surface area contributed by atoms with E-state index in [4.69, 9.17) is 21.1 Å².